The van der Waals surface area contributed by atoms with E-state index in [-0.39, 0.29) is 5.91 Å². The molecule has 6 heteroatoms. The Bertz CT molecular complexity index is 316. The Morgan fingerprint density at radius 2 is 2.50 bits per heavy atom. The van der Waals surface area contributed by atoms with Crippen LogP contribution in [0.2, 0.25) is 0 Å². The van der Waals surface area contributed by atoms with E-state index in [0.717, 1.165) is 17.9 Å². The second kappa shape index (κ2) is 6.88. The molecule has 0 unspecified atom stereocenters. The number of carbonyl (C=O) groups is 1. The topological polar surface area (TPSA) is 59.2 Å². The smallest absolute Gasteiger partial charge is 0.239 e. The summed E-state index contributed by atoms with van der Waals surface area (Å²) in [5, 5.41) is 1.94. The summed E-state index contributed by atoms with van der Waals surface area (Å²) in [6.07, 6.45) is 2.73. The molecule has 0 aromatic carbocycles. The van der Waals surface area contributed by atoms with Gasteiger partial charge in [0.1, 0.15) is 0 Å². The zero-order chi connectivity index (χ0) is 12.0. The maximum absolute atomic E-state index is 11.8. The third kappa shape index (κ3) is 4.11. The molecule has 16 heavy (non-hydrogen) atoms. The van der Waals surface area contributed by atoms with Crippen molar-refractivity contribution in [3.8, 4) is 0 Å². The van der Waals surface area contributed by atoms with Crippen molar-refractivity contribution >= 4 is 29.0 Å². The van der Waals surface area contributed by atoms with Gasteiger partial charge >= 0.3 is 0 Å². The zero-order valence-electron chi connectivity index (χ0n) is 9.55. The lowest BCUT2D eigenvalue weighted by Crippen LogP contribution is -2.41. The number of likely N-dealkylation sites (N-methyl/N-ethyl adjacent to an activating group) is 1. The first-order chi connectivity index (χ1) is 7.65. The van der Waals surface area contributed by atoms with Crippen LogP contribution in [0.5, 0.6) is 0 Å². The Labute approximate surface area is 104 Å². The van der Waals surface area contributed by atoms with Crippen LogP contribution >= 0.6 is 23.1 Å². The van der Waals surface area contributed by atoms with Gasteiger partial charge in [0, 0.05) is 12.4 Å². The summed E-state index contributed by atoms with van der Waals surface area (Å²) in [6.45, 7) is 0.537. The molecule has 1 aromatic rings. The number of thioether (sulfide) groups is 1. The summed E-state index contributed by atoms with van der Waals surface area (Å²) >= 11 is 3.23. The molecular formula is C10H17N3OS2. The van der Waals surface area contributed by atoms with E-state index in [4.69, 9.17) is 5.73 Å². The standard InChI is InChI=1S/C10H17N3OS2/c1-13(5-8-6-16-7-12-8)10(14)9(11)3-4-15-2/h6-7,9H,3-5,11H2,1-2H3/t9-/m1/s1. The van der Waals surface area contributed by atoms with Gasteiger partial charge in [-0.15, -0.1) is 11.3 Å². The molecule has 0 aliphatic rings. The maximum Gasteiger partial charge on any atom is 0.239 e. The lowest BCUT2D eigenvalue weighted by atomic mass is 10.2. The molecule has 1 heterocycles. The van der Waals surface area contributed by atoms with E-state index in [2.05, 4.69) is 4.98 Å². The second-order valence-electron chi connectivity index (χ2n) is 3.56. The van der Waals surface area contributed by atoms with Crippen LogP contribution in [0.4, 0.5) is 0 Å². The molecule has 0 bridgehead atoms. The number of hydrogen-bond acceptors (Lipinski definition) is 5. The molecule has 0 fully saturated rings. The van der Waals surface area contributed by atoms with Crippen molar-refractivity contribution in [3.63, 3.8) is 0 Å². The molecule has 0 spiro atoms. The van der Waals surface area contributed by atoms with Crippen LogP contribution in [-0.2, 0) is 11.3 Å². The minimum atomic E-state index is -0.393. The van der Waals surface area contributed by atoms with Crippen molar-refractivity contribution in [1.82, 2.24) is 9.88 Å². The molecule has 1 atom stereocenters. The summed E-state index contributed by atoms with van der Waals surface area (Å²) < 4.78 is 0. The van der Waals surface area contributed by atoms with Crippen LogP contribution in [0.3, 0.4) is 0 Å². The third-order valence-corrected chi connectivity index (χ3v) is 3.49. The number of carbonyl (C=O) groups excluding carboxylic acids is 1. The summed E-state index contributed by atoms with van der Waals surface area (Å²) in [4.78, 5) is 17.6. The Balaban J connectivity index is 2.41. The zero-order valence-corrected chi connectivity index (χ0v) is 11.2. The van der Waals surface area contributed by atoms with Crippen molar-refractivity contribution in [3.05, 3.63) is 16.6 Å². The summed E-state index contributed by atoms with van der Waals surface area (Å²) in [6, 6.07) is -0.393. The molecule has 4 nitrogen and oxygen atoms in total. The molecule has 0 aliphatic carbocycles. The number of hydrogen-bond donors (Lipinski definition) is 1. The van der Waals surface area contributed by atoms with Gasteiger partial charge in [-0.05, 0) is 18.4 Å². The summed E-state index contributed by atoms with van der Waals surface area (Å²) in [5.74, 6) is 0.902. The average Bonchev–Trinajstić information content (AvgIpc) is 2.77. The first kappa shape index (κ1) is 13.5. The van der Waals surface area contributed by atoms with Gasteiger partial charge in [-0.2, -0.15) is 11.8 Å². The largest absolute Gasteiger partial charge is 0.338 e. The lowest BCUT2D eigenvalue weighted by Gasteiger charge is -2.20. The fourth-order valence-electron chi connectivity index (χ4n) is 1.29. The molecule has 0 saturated carbocycles. The molecule has 1 amide bonds. The Morgan fingerprint density at radius 1 is 1.75 bits per heavy atom. The molecular weight excluding hydrogens is 242 g/mol. The maximum atomic E-state index is 11.8. The van der Waals surface area contributed by atoms with Gasteiger partial charge in [0.25, 0.3) is 0 Å². The molecule has 0 aliphatic heterocycles. The lowest BCUT2D eigenvalue weighted by molar-refractivity contribution is -0.131. The van der Waals surface area contributed by atoms with Crippen molar-refractivity contribution in [1.29, 1.82) is 0 Å². The van der Waals surface area contributed by atoms with Gasteiger partial charge in [0.15, 0.2) is 0 Å². The number of thiazole rings is 1. The Kier molecular flexibility index (Phi) is 5.79. The third-order valence-electron chi connectivity index (χ3n) is 2.21. The normalized spacial score (nSPS) is 12.4. The first-order valence-electron chi connectivity index (χ1n) is 5.01. The van der Waals surface area contributed by atoms with Crippen molar-refractivity contribution in [2.45, 2.75) is 19.0 Å². The van der Waals surface area contributed by atoms with E-state index < -0.39 is 6.04 Å². The highest BCUT2D eigenvalue weighted by Crippen LogP contribution is 2.07. The predicted molar refractivity (Wildman–Crippen MR) is 69.6 cm³/mol. The molecule has 0 radical (unpaired) electrons. The molecule has 1 rings (SSSR count). The Morgan fingerprint density at radius 3 is 3.06 bits per heavy atom. The molecule has 90 valence electrons. The van der Waals surface area contributed by atoms with Gasteiger partial charge in [-0.1, -0.05) is 0 Å². The number of aromatic nitrogens is 1. The summed E-state index contributed by atoms with van der Waals surface area (Å²) in [5.41, 5.74) is 8.49. The first-order valence-corrected chi connectivity index (χ1v) is 7.35. The van der Waals surface area contributed by atoms with Crippen molar-refractivity contribution in [2.75, 3.05) is 19.1 Å². The van der Waals surface area contributed by atoms with Crippen molar-refractivity contribution < 1.29 is 4.79 Å². The minimum Gasteiger partial charge on any atom is -0.338 e. The van der Waals surface area contributed by atoms with Gasteiger partial charge < -0.3 is 10.6 Å². The number of amides is 1. The number of nitrogens with two attached hydrogens (primary N) is 1. The number of rotatable bonds is 6. The molecule has 1 aromatic heterocycles. The second-order valence-corrected chi connectivity index (χ2v) is 5.27. The molecule has 0 saturated heterocycles. The highest BCUT2D eigenvalue weighted by molar-refractivity contribution is 7.98. The van der Waals surface area contributed by atoms with Crippen molar-refractivity contribution in [2.24, 2.45) is 5.73 Å². The number of nitrogens with zero attached hydrogens (tertiary/aromatic N) is 2. The van der Waals surface area contributed by atoms with Gasteiger partial charge in [-0.25, -0.2) is 4.98 Å². The van der Waals surface area contributed by atoms with Gasteiger partial charge in [-0.3, -0.25) is 4.79 Å². The van der Waals surface area contributed by atoms with E-state index in [1.165, 1.54) is 11.3 Å². The highest BCUT2D eigenvalue weighted by atomic mass is 32.2. The molecule has 2 N–H and O–H groups in total. The fourth-order valence-corrected chi connectivity index (χ4v) is 2.33. The average molecular weight is 259 g/mol. The highest BCUT2D eigenvalue weighted by Gasteiger charge is 2.17. The van der Waals surface area contributed by atoms with Crippen LogP contribution in [0.25, 0.3) is 0 Å². The van der Waals surface area contributed by atoms with Gasteiger partial charge in [0.2, 0.25) is 5.91 Å². The van der Waals surface area contributed by atoms with E-state index >= 15 is 0 Å². The Hall–Kier alpha value is -0.590. The summed E-state index contributed by atoms with van der Waals surface area (Å²) in [7, 11) is 1.76. The van der Waals surface area contributed by atoms with Crippen LogP contribution in [0, 0.1) is 0 Å². The van der Waals surface area contributed by atoms with Crippen LogP contribution < -0.4 is 5.73 Å². The van der Waals surface area contributed by atoms with E-state index in [9.17, 15) is 4.79 Å². The van der Waals surface area contributed by atoms with Crippen LogP contribution in [0.15, 0.2) is 10.9 Å². The van der Waals surface area contributed by atoms with E-state index in [0.29, 0.717) is 6.54 Å². The minimum absolute atomic E-state index is 0.0120. The van der Waals surface area contributed by atoms with Crippen LogP contribution in [-0.4, -0.2) is 40.9 Å². The van der Waals surface area contributed by atoms with Gasteiger partial charge in [0.05, 0.1) is 23.8 Å². The predicted octanol–water partition coefficient (Wildman–Crippen LogP) is 1.18. The van der Waals surface area contributed by atoms with E-state index in [1.54, 1.807) is 29.2 Å². The SMILES string of the molecule is CSCC[C@@H](N)C(=O)N(C)Cc1cscn1. The fraction of sp³-hybridized carbons (Fsp3) is 0.600. The quantitative estimate of drug-likeness (QED) is 0.833. The van der Waals surface area contributed by atoms with Crippen LogP contribution in [0.1, 0.15) is 12.1 Å². The monoisotopic (exact) mass is 259 g/mol. The van der Waals surface area contributed by atoms with E-state index in [1.807, 2.05) is 11.6 Å².